The largest absolute Gasteiger partial charge is 0.508 e. The molecular weight excluding hydrogens is 442 g/mol. The van der Waals surface area contributed by atoms with E-state index in [2.05, 4.69) is 20.5 Å². The van der Waals surface area contributed by atoms with Crippen LogP contribution in [0.15, 0.2) is 47.4 Å². The first-order chi connectivity index (χ1) is 16.4. The van der Waals surface area contributed by atoms with Crippen molar-refractivity contribution >= 4 is 18.1 Å². The number of aromatic hydroxyl groups is 1. The van der Waals surface area contributed by atoms with Gasteiger partial charge in [0.05, 0.1) is 25.6 Å². The minimum absolute atomic E-state index is 0.00812. The first kappa shape index (κ1) is 24.6. The molecule has 1 aromatic carbocycles. The summed E-state index contributed by atoms with van der Waals surface area (Å²) in [5.41, 5.74) is 2.23. The number of aliphatic carboxylic acids is 1. The molecule has 0 radical (unpaired) electrons. The predicted octanol–water partition coefficient (Wildman–Crippen LogP) is 1.17. The van der Waals surface area contributed by atoms with Crippen LogP contribution in [0.4, 0.5) is 0 Å². The van der Waals surface area contributed by atoms with Gasteiger partial charge in [0, 0.05) is 20.2 Å². The molecule has 1 unspecified atom stereocenters. The van der Waals surface area contributed by atoms with E-state index in [1.807, 2.05) is 0 Å². The first-order valence-corrected chi connectivity index (χ1v) is 10.6. The van der Waals surface area contributed by atoms with Crippen LogP contribution in [-0.4, -0.2) is 83.4 Å². The molecule has 1 saturated heterocycles. The average molecular weight is 469 g/mol. The number of carbonyl (C=O) groups excluding carboxylic acids is 1. The van der Waals surface area contributed by atoms with Gasteiger partial charge in [0.2, 0.25) is 5.88 Å². The summed E-state index contributed by atoms with van der Waals surface area (Å²) in [5, 5.41) is 29.2. The number of rotatable bonds is 10. The molecule has 11 heteroatoms. The van der Waals surface area contributed by atoms with E-state index in [1.165, 1.54) is 19.5 Å². The Bertz CT molecular complexity index is 1070. The number of carboxylic acids is 1. The van der Waals surface area contributed by atoms with Crippen molar-refractivity contribution in [2.75, 3.05) is 33.9 Å². The van der Waals surface area contributed by atoms with Crippen LogP contribution in [0, 0.1) is 0 Å². The van der Waals surface area contributed by atoms with Crippen LogP contribution in [-0.2, 0) is 20.7 Å². The molecule has 180 valence electrons. The van der Waals surface area contributed by atoms with Crippen LogP contribution >= 0.6 is 0 Å². The summed E-state index contributed by atoms with van der Waals surface area (Å²) in [6.07, 6.45) is 3.96. The van der Waals surface area contributed by atoms with Crippen LogP contribution in [0.1, 0.15) is 33.7 Å². The topological polar surface area (TPSA) is 146 Å². The number of phenolic OH excluding ortho intramolecular Hbond substituents is 1. The number of hydrogen-bond donors (Lipinski definition) is 3. The van der Waals surface area contributed by atoms with Crippen molar-refractivity contribution in [1.29, 1.82) is 0 Å². The molecule has 1 aromatic heterocycles. The van der Waals surface area contributed by atoms with E-state index in [9.17, 15) is 14.7 Å². The van der Waals surface area contributed by atoms with Crippen LogP contribution in [0.5, 0.6) is 5.75 Å². The summed E-state index contributed by atoms with van der Waals surface area (Å²) in [5.74, 6) is -0.952. The average Bonchev–Trinajstić information content (AvgIpc) is 3.32. The quantitative estimate of drug-likeness (QED) is 0.345. The molecule has 11 nitrogen and oxygen atoms in total. The first-order valence-electron chi connectivity index (χ1n) is 10.6. The fourth-order valence-corrected chi connectivity index (χ4v) is 3.39. The Balaban J connectivity index is 1.87. The molecule has 1 fully saturated rings. The second-order valence-electron chi connectivity index (χ2n) is 7.60. The van der Waals surface area contributed by atoms with Crippen LogP contribution in [0.3, 0.4) is 0 Å². The fourth-order valence-electron chi connectivity index (χ4n) is 3.39. The van der Waals surface area contributed by atoms with Gasteiger partial charge in [-0.05, 0) is 42.2 Å². The third kappa shape index (κ3) is 6.75. The number of hydrogen-bond acceptors (Lipinski definition) is 9. The van der Waals surface area contributed by atoms with Gasteiger partial charge in [-0.25, -0.2) is 4.99 Å². The molecule has 2 aromatic rings. The van der Waals surface area contributed by atoms with Crippen molar-refractivity contribution < 1.29 is 29.3 Å². The second kappa shape index (κ2) is 11.8. The molecule has 1 aliphatic rings. The van der Waals surface area contributed by atoms with E-state index < -0.39 is 5.97 Å². The zero-order valence-corrected chi connectivity index (χ0v) is 19.0. The van der Waals surface area contributed by atoms with Gasteiger partial charge in [0.1, 0.15) is 18.0 Å². The molecule has 1 atom stereocenters. The number of aliphatic imine (C=N–C) groups is 1. The Hall–Kier alpha value is -3.99. The maximum Gasteiger partial charge on any atom is 0.322 e. The second-order valence-corrected chi connectivity index (χ2v) is 7.60. The minimum Gasteiger partial charge on any atom is -0.508 e. The van der Waals surface area contributed by atoms with Crippen molar-refractivity contribution in [3.8, 4) is 5.75 Å². The van der Waals surface area contributed by atoms with E-state index in [4.69, 9.17) is 14.6 Å². The number of aromatic nitrogens is 2. The SMILES string of the molecule is COC(=CNCC(=O)O)N=Cc1nnc(C(=O)N2CCC(OC)C2)cc1Cc1ccc(O)cc1. The molecule has 0 aliphatic carbocycles. The molecule has 1 amide bonds. The Labute approximate surface area is 196 Å². The third-order valence-corrected chi connectivity index (χ3v) is 5.22. The normalized spacial score (nSPS) is 16.1. The number of likely N-dealkylation sites (tertiary alicyclic amines) is 1. The highest BCUT2D eigenvalue weighted by molar-refractivity contribution is 5.93. The monoisotopic (exact) mass is 469 g/mol. The number of carboxylic acid groups (broad SMARTS) is 1. The smallest absolute Gasteiger partial charge is 0.322 e. The molecule has 2 heterocycles. The van der Waals surface area contributed by atoms with Gasteiger partial charge >= 0.3 is 5.97 Å². The highest BCUT2D eigenvalue weighted by Gasteiger charge is 2.28. The van der Waals surface area contributed by atoms with Crippen LogP contribution < -0.4 is 5.32 Å². The Morgan fingerprint density at radius 3 is 2.68 bits per heavy atom. The number of nitrogens with one attached hydrogen (secondary N) is 1. The van der Waals surface area contributed by atoms with Crippen LogP contribution in [0.2, 0.25) is 0 Å². The number of nitrogens with zero attached hydrogens (tertiary/aromatic N) is 4. The number of phenols is 1. The maximum absolute atomic E-state index is 13.0. The highest BCUT2D eigenvalue weighted by atomic mass is 16.5. The van der Waals surface area contributed by atoms with Gasteiger partial charge in [-0.2, -0.15) is 0 Å². The molecule has 3 N–H and O–H groups in total. The lowest BCUT2D eigenvalue weighted by atomic mass is 10.0. The standard InChI is InChI=1S/C23H27N5O6/c1-33-18-7-8-28(14-18)23(32)19-10-16(9-15-3-5-17(29)6-4-15)20(27-26-19)11-25-21(34-2)12-24-13-22(30)31/h3-6,10-12,18,24,29H,7-9,13-14H2,1-2H3,(H,30,31). The zero-order valence-electron chi connectivity index (χ0n) is 19.0. The van der Waals surface area contributed by atoms with Gasteiger partial charge in [-0.15, -0.1) is 10.2 Å². The molecule has 3 rings (SSSR count). The van der Waals surface area contributed by atoms with Crippen molar-refractivity contribution in [2.24, 2.45) is 4.99 Å². The summed E-state index contributed by atoms with van der Waals surface area (Å²) in [4.78, 5) is 29.5. The van der Waals surface area contributed by atoms with Gasteiger partial charge < -0.3 is 29.9 Å². The lowest BCUT2D eigenvalue weighted by molar-refractivity contribution is -0.135. The van der Waals surface area contributed by atoms with E-state index >= 15 is 0 Å². The highest BCUT2D eigenvalue weighted by Crippen LogP contribution is 2.19. The minimum atomic E-state index is -1.02. The molecule has 0 bridgehead atoms. The van der Waals surface area contributed by atoms with Crippen molar-refractivity contribution in [1.82, 2.24) is 20.4 Å². The van der Waals surface area contributed by atoms with Gasteiger partial charge in [0.25, 0.3) is 5.91 Å². The summed E-state index contributed by atoms with van der Waals surface area (Å²) >= 11 is 0. The number of carbonyl (C=O) groups is 2. The zero-order chi connectivity index (χ0) is 24.5. The number of amides is 1. The summed E-state index contributed by atoms with van der Waals surface area (Å²) in [7, 11) is 3.03. The van der Waals surface area contributed by atoms with Gasteiger partial charge in [0.15, 0.2) is 5.69 Å². The molecule has 0 saturated carbocycles. The summed E-state index contributed by atoms with van der Waals surface area (Å²) < 4.78 is 10.5. The van der Waals surface area contributed by atoms with Crippen molar-refractivity contribution in [3.63, 3.8) is 0 Å². The maximum atomic E-state index is 13.0. The predicted molar refractivity (Wildman–Crippen MR) is 123 cm³/mol. The van der Waals surface area contributed by atoms with Crippen molar-refractivity contribution in [3.05, 3.63) is 64.9 Å². The molecule has 0 spiro atoms. The lowest BCUT2D eigenvalue weighted by Crippen LogP contribution is -2.31. The Kier molecular flexibility index (Phi) is 8.52. The van der Waals surface area contributed by atoms with E-state index in [0.717, 1.165) is 12.0 Å². The van der Waals surface area contributed by atoms with Crippen molar-refractivity contribution in [2.45, 2.75) is 18.9 Å². The molecular formula is C23H27N5O6. The Morgan fingerprint density at radius 1 is 1.26 bits per heavy atom. The lowest BCUT2D eigenvalue weighted by Gasteiger charge is -2.16. The van der Waals surface area contributed by atoms with E-state index in [1.54, 1.807) is 42.3 Å². The molecule has 34 heavy (non-hydrogen) atoms. The number of ether oxygens (including phenoxy) is 2. The summed E-state index contributed by atoms with van der Waals surface area (Å²) in [6.45, 7) is 0.797. The fraction of sp³-hybridized carbons (Fsp3) is 0.348. The molecule has 1 aliphatic heterocycles. The van der Waals surface area contributed by atoms with Gasteiger partial charge in [-0.3, -0.25) is 9.59 Å². The van der Waals surface area contributed by atoms with E-state index in [0.29, 0.717) is 30.8 Å². The van der Waals surface area contributed by atoms with Crippen LogP contribution in [0.25, 0.3) is 0 Å². The number of benzene rings is 1. The van der Waals surface area contributed by atoms with Gasteiger partial charge in [-0.1, -0.05) is 12.1 Å². The van der Waals surface area contributed by atoms with E-state index in [-0.39, 0.29) is 35.9 Å². The Morgan fingerprint density at radius 2 is 2.03 bits per heavy atom. The third-order valence-electron chi connectivity index (χ3n) is 5.22. The number of methoxy groups -OCH3 is 2. The summed E-state index contributed by atoms with van der Waals surface area (Å²) in [6, 6.07) is 8.40.